The van der Waals surface area contributed by atoms with Crippen LogP contribution in [0.2, 0.25) is 0 Å². The SMILES string of the molecule is CCC(=O)CCN(CCC(=O)CC)C(=O)CCN(CCC(=O)N(CCC(=O)CC)CCC(=O)CC)C(=O)C1CCC(=O)C=CSCSC=CC(=O)NC1. The molecule has 0 aromatic heterocycles. The van der Waals surface area contributed by atoms with E-state index < -0.39 is 17.7 Å². The second kappa shape index (κ2) is 27.9. The standard InChI is InChI=1S/C38H58N4O9S2/c1-5-30(43)11-19-40(20-12-31(44)6-2)36(49)15-23-42(24-16-37(50)41(21-13-32(45)7-3)22-14-33(46)8-4)38(51)29-9-10-34(47)17-25-52-28-53-26-18-35(48)39-27-29/h17-18,25-26,29H,5-16,19-24,27-28H2,1-4H3,(H,39,48). The fraction of sp³-hybridized carbons (Fsp3) is 0.658. The Morgan fingerprint density at radius 2 is 1.00 bits per heavy atom. The first-order chi connectivity index (χ1) is 25.3. The highest BCUT2D eigenvalue weighted by atomic mass is 32.2. The van der Waals surface area contributed by atoms with Gasteiger partial charge in [-0.3, -0.25) is 43.2 Å². The van der Waals surface area contributed by atoms with Crippen LogP contribution in [0.15, 0.2) is 23.0 Å². The van der Waals surface area contributed by atoms with Crippen LogP contribution in [-0.2, 0) is 43.2 Å². The Morgan fingerprint density at radius 3 is 1.42 bits per heavy atom. The number of nitrogens with one attached hydrogen (secondary N) is 1. The minimum atomic E-state index is -0.848. The first-order valence-corrected chi connectivity index (χ1v) is 20.7. The number of hydrogen-bond donors (Lipinski definition) is 1. The fourth-order valence-corrected chi connectivity index (χ4v) is 6.59. The van der Waals surface area contributed by atoms with E-state index in [1.165, 1.54) is 50.4 Å². The van der Waals surface area contributed by atoms with Crippen LogP contribution in [-0.4, -0.2) is 118 Å². The number of thioether (sulfide) groups is 2. The molecular weight excluding hydrogens is 721 g/mol. The molecule has 15 heteroatoms. The molecule has 0 bridgehead atoms. The summed E-state index contributed by atoms with van der Waals surface area (Å²) in [4.78, 5) is 119. The van der Waals surface area contributed by atoms with Crippen LogP contribution in [0.25, 0.3) is 0 Å². The Morgan fingerprint density at radius 1 is 0.604 bits per heavy atom. The van der Waals surface area contributed by atoms with Crippen LogP contribution in [0, 0.1) is 5.92 Å². The third kappa shape index (κ3) is 21.0. The van der Waals surface area contributed by atoms with Gasteiger partial charge < -0.3 is 20.0 Å². The molecule has 0 fully saturated rings. The Bertz CT molecular complexity index is 1200. The molecule has 1 atom stereocenters. The highest BCUT2D eigenvalue weighted by molar-refractivity contribution is 8.18. The van der Waals surface area contributed by atoms with E-state index in [9.17, 15) is 43.2 Å². The van der Waals surface area contributed by atoms with Crippen molar-refractivity contribution in [1.82, 2.24) is 20.0 Å². The number of rotatable bonds is 23. The van der Waals surface area contributed by atoms with Gasteiger partial charge in [0.15, 0.2) is 5.78 Å². The number of ketones is 5. The average molecular weight is 779 g/mol. The summed E-state index contributed by atoms with van der Waals surface area (Å²) >= 11 is 2.78. The summed E-state index contributed by atoms with van der Waals surface area (Å²) in [6.45, 7) is 7.18. The van der Waals surface area contributed by atoms with Crippen molar-refractivity contribution in [3.8, 4) is 0 Å². The molecule has 0 spiro atoms. The molecule has 1 N–H and O–H groups in total. The van der Waals surface area contributed by atoms with Crippen molar-refractivity contribution in [3.05, 3.63) is 23.0 Å². The van der Waals surface area contributed by atoms with Gasteiger partial charge >= 0.3 is 0 Å². The van der Waals surface area contributed by atoms with E-state index in [0.29, 0.717) is 30.8 Å². The van der Waals surface area contributed by atoms with Gasteiger partial charge in [0.2, 0.25) is 23.6 Å². The van der Waals surface area contributed by atoms with Gasteiger partial charge in [-0.15, -0.1) is 23.5 Å². The van der Waals surface area contributed by atoms with Crippen molar-refractivity contribution in [3.63, 3.8) is 0 Å². The number of nitrogens with zero attached hydrogens (tertiary/aromatic N) is 3. The van der Waals surface area contributed by atoms with Gasteiger partial charge in [-0.2, -0.15) is 0 Å². The van der Waals surface area contributed by atoms with Crippen LogP contribution < -0.4 is 5.32 Å². The molecule has 0 aromatic rings. The average Bonchev–Trinajstić information content (AvgIpc) is 3.15. The van der Waals surface area contributed by atoms with E-state index in [0.717, 1.165) is 0 Å². The van der Waals surface area contributed by atoms with Crippen molar-refractivity contribution >= 4 is 76.1 Å². The van der Waals surface area contributed by atoms with Gasteiger partial charge in [0.05, 0.1) is 5.92 Å². The molecule has 1 aliphatic heterocycles. The molecule has 13 nitrogen and oxygen atoms in total. The lowest BCUT2D eigenvalue weighted by Crippen LogP contribution is -2.45. The van der Waals surface area contributed by atoms with Crippen molar-refractivity contribution in [1.29, 1.82) is 0 Å². The summed E-state index contributed by atoms with van der Waals surface area (Å²) in [5, 5.41) is 6.66. The maximum Gasteiger partial charge on any atom is 0.244 e. The van der Waals surface area contributed by atoms with E-state index in [-0.39, 0.29) is 138 Å². The monoisotopic (exact) mass is 778 g/mol. The minimum absolute atomic E-state index is 0.0296. The molecule has 53 heavy (non-hydrogen) atoms. The Kier molecular flexibility index (Phi) is 25.0. The topological polar surface area (TPSA) is 175 Å². The number of amides is 4. The summed E-state index contributed by atoms with van der Waals surface area (Å²) in [5.41, 5.74) is 0. The quantitative estimate of drug-likeness (QED) is 0.157. The lowest BCUT2D eigenvalue weighted by molar-refractivity contribution is -0.138. The van der Waals surface area contributed by atoms with Gasteiger partial charge in [0.1, 0.15) is 23.1 Å². The fourth-order valence-electron chi connectivity index (χ4n) is 5.18. The zero-order valence-electron chi connectivity index (χ0n) is 31.9. The largest absolute Gasteiger partial charge is 0.352 e. The molecule has 1 rings (SSSR count). The minimum Gasteiger partial charge on any atom is -0.352 e. The molecule has 4 amide bonds. The van der Waals surface area contributed by atoms with Crippen LogP contribution in [0.3, 0.4) is 0 Å². The molecule has 296 valence electrons. The number of carbonyl (C=O) groups excluding carboxylic acids is 9. The molecule has 1 aliphatic rings. The van der Waals surface area contributed by atoms with E-state index in [1.807, 2.05) is 0 Å². The number of Topliss-reactive ketones (excluding diaryl/α,β-unsaturated/α-hetero) is 4. The predicted molar refractivity (Wildman–Crippen MR) is 208 cm³/mol. The van der Waals surface area contributed by atoms with Gasteiger partial charge in [0.25, 0.3) is 0 Å². The normalized spacial score (nSPS) is 15.2. The molecule has 0 saturated carbocycles. The Hall–Kier alpha value is -3.59. The number of carbonyl (C=O) groups is 9. The molecule has 1 heterocycles. The zero-order valence-corrected chi connectivity index (χ0v) is 33.5. The Labute approximate surface area is 322 Å². The van der Waals surface area contributed by atoms with Crippen LogP contribution in [0.5, 0.6) is 0 Å². The second-order valence-electron chi connectivity index (χ2n) is 12.7. The summed E-state index contributed by atoms with van der Waals surface area (Å²) in [6, 6.07) is 0. The van der Waals surface area contributed by atoms with Crippen LogP contribution >= 0.6 is 23.5 Å². The van der Waals surface area contributed by atoms with E-state index in [4.69, 9.17) is 0 Å². The molecule has 0 saturated heterocycles. The lowest BCUT2D eigenvalue weighted by atomic mass is 9.99. The van der Waals surface area contributed by atoms with E-state index in [1.54, 1.807) is 38.5 Å². The molecule has 1 unspecified atom stereocenters. The predicted octanol–water partition coefficient (Wildman–Crippen LogP) is 4.28. The lowest BCUT2D eigenvalue weighted by Gasteiger charge is -2.30. The molecule has 0 aromatic carbocycles. The molecule has 0 radical (unpaired) electrons. The maximum absolute atomic E-state index is 14.2. The van der Waals surface area contributed by atoms with Crippen LogP contribution in [0.1, 0.15) is 105 Å². The van der Waals surface area contributed by atoms with Crippen molar-refractivity contribution in [2.75, 3.05) is 50.9 Å². The zero-order chi connectivity index (χ0) is 39.6. The highest BCUT2D eigenvalue weighted by Gasteiger charge is 2.28. The van der Waals surface area contributed by atoms with Gasteiger partial charge in [0, 0.05) is 128 Å². The summed E-state index contributed by atoms with van der Waals surface area (Å²) in [5.74, 6) is -2.74. The van der Waals surface area contributed by atoms with Crippen molar-refractivity contribution < 1.29 is 43.2 Å². The number of allylic oxidation sites excluding steroid dienone is 1. The van der Waals surface area contributed by atoms with Gasteiger partial charge in [-0.1, -0.05) is 27.7 Å². The summed E-state index contributed by atoms with van der Waals surface area (Å²) in [6.07, 6.45) is 4.43. The van der Waals surface area contributed by atoms with E-state index in [2.05, 4.69) is 5.32 Å². The van der Waals surface area contributed by atoms with Gasteiger partial charge in [-0.25, -0.2) is 0 Å². The second-order valence-corrected chi connectivity index (χ2v) is 14.8. The number of hydrogen-bond acceptors (Lipinski definition) is 11. The molecule has 0 aliphatic carbocycles. The first kappa shape index (κ1) is 47.4. The Balaban J connectivity index is 3.35. The van der Waals surface area contributed by atoms with Crippen molar-refractivity contribution in [2.24, 2.45) is 5.92 Å². The molecular formula is C38H58N4O9S2. The van der Waals surface area contributed by atoms with Crippen molar-refractivity contribution in [2.45, 2.75) is 105 Å². The summed E-state index contributed by atoms with van der Waals surface area (Å²) in [7, 11) is 0. The van der Waals surface area contributed by atoms with Gasteiger partial charge in [-0.05, 0) is 23.3 Å². The first-order valence-electron chi connectivity index (χ1n) is 18.6. The smallest absolute Gasteiger partial charge is 0.244 e. The third-order valence-electron chi connectivity index (χ3n) is 8.84. The highest BCUT2D eigenvalue weighted by Crippen LogP contribution is 2.17. The third-order valence-corrected chi connectivity index (χ3v) is 10.6. The van der Waals surface area contributed by atoms with Crippen LogP contribution in [0.4, 0.5) is 0 Å². The summed E-state index contributed by atoms with van der Waals surface area (Å²) < 4.78 is 0. The van der Waals surface area contributed by atoms with E-state index >= 15 is 0 Å². The maximum atomic E-state index is 14.2.